The second kappa shape index (κ2) is 8.39. The second-order valence-corrected chi connectivity index (χ2v) is 4.66. The number of hydrogen-bond acceptors (Lipinski definition) is 3. The van der Waals surface area contributed by atoms with Crippen LogP contribution in [0.5, 0.6) is 5.75 Å². The van der Waals surface area contributed by atoms with E-state index in [0.717, 1.165) is 38.2 Å². The molecule has 1 saturated heterocycles. The highest BCUT2D eigenvalue weighted by atomic mass is 35.5. The zero-order valence-corrected chi connectivity index (χ0v) is 12.3. The largest absolute Gasteiger partial charge is 0.435 e. The molecule has 1 heterocycles. The van der Waals surface area contributed by atoms with Crippen molar-refractivity contribution in [3.63, 3.8) is 0 Å². The summed E-state index contributed by atoms with van der Waals surface area (Å²) >= 11 is 0. The van der Waals surface area contributed by atoms with Gasteiger partial charge in [-0.25, -0.2) is 0 Å². The van der Waals surface area contributed by atoms with Crippen molar-refractivity contribution in [3.8, 4) is 5.75 Å². The standard InChI is InChI=1S/C14H20F2N2O.ClH/c1-2-13(18-9-7-17-8-10-18)11-3-5-12(6-4-11)19-14(15)16;/h3-6,13-14,17H,2,7-10H2,1H3;1H/t13-;/m1./s1. The molecule has 0 aromatic heterocycles. The number of nitrogens with zero attached hydrogens (tertiary/aromatic N) is 1. The summed E-state index contributed by atoms with van der Waals surface area (Å²) in [5, 5.41) is 3.33. The van der Waals surface area contributed by atoms with Crippen molar-refractivity contribution in [1.82, 2.24) is 10.2 Å². The molecule has 1 aliphatic heterocycles. The lowest BCUT2D eigenvalue weighted by Gasteiger charge is -2.34. The molecule has 1 aromatic rings. The van der Waals surface area contributed by atoms with Crippen molar-refractivity contribution >= 4 is 12.4 Å². The highest BCUT2D eigenvalue weighted by Crippen LogP contribution is 2.26. The van der Waals surface area contributed by atoms with E-state index in [9.17, 15) is 8.78 Å². The third-order valence-corrected chi connectivity index (χ3v) is 3.47. The normalized spacial score (nSPS) is 17.6. The summed E-state index contributed by atoms with van der Waals surface area (Å²) in [7, 11) is 0. The van der Waals surface area contributed by atoms with Gasteiger partial charge in [-0.2, -0.15) is 8.78 Å². The van der Waals surface area contributed by atoms with Crippen LogP contribution in [0.25, 0.3) is 0 Å². The van der Waals surface area contributed by atoms with Crippen molar-refractivity contribution in [2.45, 2.75) is 26.0 Å². The monoisotopic (exact) mass is 306 g/mol. The molecule has 0 saturated carbocycles. The van der Waals surface area contributed by atoms with Crippen LogP contribution >= 0.6 is 12.4 Å². The quantitative estimate of drug-likeness (QED) is 0.905. The zero-order chi connectivity index (χ0) is 13.7. The highest BCUT2D eigenvalue weighted by Gasteiger charge is 2.20. The molecule has 1 aromatic carbocycles. The molecule has 2 rings (SSSR count). The summed E-state index contributed by atoms with van der Waals surface area (Å²) in [4.78, 5) is 2.43. The third kappa shape index (κ3) is 4.58. The molecule has 0 spiro atoms. The molecule has 1 N–H and O–H groups in total. The number of hydrogen-bond donors (Lipinski definition) is 1. The topological polar surface area (TPSA) is 24.5 Å². The third-order valence-electron chi connectivity index (χ3n) is 3.47. The number of rotatable bonds is 5. The Morgan fingerprint density at radius 3 is 2.30 bits per heavy atom. The van der Waals surface area contributed by atoms with Gasteiger partial charge >= 0.3 is 6.61 Å². The molecule has 0 amide bonds. The van der Waals surface area contributed by atoms with E-state index in [4.69, 9.17) is 0 Å². The van der Waals surface area contributed by atoms with E-state index >= 15 is 0 Å². The smallest absolute Gasteiger partial charge is 0.387 e. The Morgan fingerprint density at radius 1 is 1.20 bits per heavy atom. The van der Waals surface area contributed by atoms with Gasteiger partial charge in [-0.15, -0.1) is 12.4 Å². The fraction of sp³-hybridized carbons (Fsp3) is 0.571. The minimum absolute atomic E-state index is 0. The van der Waals surface area contributed by atoms with Crippen molar-refractivity contribution in [2.75, 3.05) is 26.2 Å². The number of halogens is 3. The first-order valence-corrected chi connectivity index (χ1v) is 6.70. The molecule has 0 unspecified atom stereocenters. The van der Waals surface area contributed by atoms with Crippen molar-refractivity contribution in [3.05, 3.63) is 29.8 Å². The molecule has 0 aliphatic carbocycles. The van der Waals surface area contributed by atoms with E-state index in [2.05, 4.69) is 21.9 Å². The molecule has 0 bridgehead atoms. The minimum atomic E-state index is -2.76. The maximum absolute atomic E-state index is 12.1. The van der Waals surface area contributed by atoms with Gasteiger partial charge in [-0.3, -0.25) is 4.90 Å². The van der Waals surface area contributed by atoms with Gasteiger partial charge in [0.15, 0.2) is 0 Å². The highest BCUT2D eigenvalue weighted by molar-refractivity contribution is 5.85. The fourth-order valence-corrected chi connectivity index (χ4v) is 2.57. The molecule has 3 nitrogen and oxygen atoms in total. The van der Waals surface area contributed by atoms with Crippen LogP contribution in [0, 0.1) is 0 Å². The number of piperazine rings is 1. The first-order valence-electron chi connectivity index (χ1n) is 6.70. The summed E-state index contributed by atoms with van der Waals surface area (Å²) in [5.41, 5.74) is 1.16. The predicted octanol–water partition coefficient (Wildman–Crippen LogP) is 3.07. The molecule has 114 valence electrons. The van der Waals surface area contributed by atoms with Crippen LogP contribution in [-0.2, 0) is 0 Å². The maximum Gasteiger partial charge on any atom is 0.387 e. The molecule has 1 aliphatic rings. The minimum Gasteiger partial charge on any atom is -0.435 e. The Hall–Kier alpha value is -0.910. The fourth-order valence-electron chi connectivity index (χ4n) is 2.57. The molecule has 0 radical (unpaired) electrons. The average Bonchev–Trinajstić information content (AvgIpc) is 2.42. The average molecular weight is 307 g/mol. The Labute approximate surface area is 124 Å². The number of benzene rings is 1. The van der Waals surface area contributed by atoms with Gasteiger partial charge in [0, 0.05) is 32.2 Å². The molecule has 20 heavy (non-hydrogen) atoms. The van der Waals surface area contributed by atoms with Crippen LogP contribution < -0.4 is 10.1 Å². The van der Waals surface area contributed by atoms with Gasteiger partial charge in [0.05, 0.1) is 0 Å². The van der Waals surface area contributed by atoms with Gasteiger partial charge < -0.3 is 10.1 Å². The Kier molecular flexibility index (Phi) is 7.19. The number of ether oxygens (including phenoxy) is 1. The predicted molar refractivity (Wildman–Crippen MR) is 77.8 cm³/mol. The van der Waals surface area contributed by atoms with E-state index in [1.165, 1.54) is 0 Å². The SMILES string of the molecule is CC[C@H](c1ccc(OC(F)F)cc1)N1CCNCC1.Cl. The van der Waals surface area contributed by atoms with Crippen molar-refractivity contribution in [2.24, 2.45) is 0 Å². The molecular weight excluding hydrogens is 286 g/mol. The van der Waals surface area contributed by atoms with E-state index in [1.54, 1.807) is 12.1 Å². The molecule has 6 heteroatoms. The molecule has 1 fully saturated rings. The van der Waals surface area contributed by atoms with E-state index in [0.29, 0.717) is 6.04 Å². The Bertz CT molecular complexity index is 383. The summed E-state index contributed by atoms with van der Waals surface area (Å²) in [6.07, 6.45) is 1.01. The number of nitrogens with one attached hydrogen (secondary N) is 1. The molecule has 1 atom stereocenters. The van der Waals surface area contributed by atoms with E-state index in [-0.39, 0.29) is 18.2 Å². The van der Waals surface area contributed by atoms with Crippen LogP contribution in [0.4, 0.5) is 8.78 Å². The van der Waals surface area contributed by atoms with Crippen molar-refractivity contribution in [1.29, 1.82) is 0 Å². The van der Waals surface area contributed by atoms with Gasteiger partial charge in [0.1, 0.15) is 5.75 Å². The van der Waals surface area contributed by atoms with Crippen LogP contribution in [0.15, 0.2) is 24.3 Å². The van der Waals surface area contributed by atoms with Crippen molar-refractivity contribution < 1.29 is 13.5 Å². The first kappa shape index (κ1) is 17.1. The lowest BCUT2D eigenvalue weighted by Crippen LogP contribution is -2.45. The Balaban J connectivity index is 0.00000200. The van der Waals surface area contributed by atoms with Gasteiger partial charge in [-0.1, -0.05) is 19.1 Å². The van der Waals surface area contributed by atoms with Gasteiger partial charge in [-0.05, 0) is 24.1 Å². The lowest BCUT2D eigenvalue weighted by atomic mass is 10.0. The Morgan fingerprint density at radius 2 is 1.80 bits per heavy atom. The van der Waals surface area contributed by atoms with E-state index < -0.39 is 6.61 Å². The first-order chi connectivity index (χ1) is 9.20. The summed E-state index contributed by atoms with van der Waals surface area (Å²) in [6.45, 7) is 3.44. The summed E-state index contributed by atoms with van der Waals surface area (Å²) < 4.78 is 28.6. The zero-order valence-electron chi connectivity index (χ0n) is 11.5. The molecular formula is C14H21ClF2N2O. The van der Waals surface area contributed by atoms with Gasteiger partial charge in [0.25, 0.3) is 0 Å². The second-order valence-electron chi connectivity index (χ2n) is 4.66. The number of alkyl halides is 2. The van der Waals surface area contributed by atoms with Gasteiger partial charge in [0.2, 0.25) is 0 Å². The van der Waals surface area contributed by atoms with E-state index in [1.807, 2.05) is 12.1 Å². The summed E-state index contributed by atoms with van der Waals surface area (Å²) in [5.74, 6) is 0.217. The van der Waals surface area contributed by atoms with Crippen LogP contribution in [-0.4, -0.2) is 37.7 Å². The maximum atomic E-state index is 12.1. The van der Waals surface area contributed by atoms with Crippen LogP contribution in [0.1, 0.15) is 24.9 Å². The lowest BCUT2D eigenvalue weighted by molar-refractivity contribution is -0.0498. The summed E-state index contributed by atoms with van der Waals surface area (Å²) in [6, 6.07) is 7.35. The van der Waals surface area contributed by atoms with Crippen LogP contribution in [0.3, 0.4) is 0 Å². The van der Waals surface area contributed by atoms with Crippen LogP contribution in [0.2, 0.25) is 0 Å².